The highest BCUT2D eigenvalue weighted by Crippen LogP contribution is 2.42. The molecule has 1 saturated heterocycles. The Balaban J connectivity index is 1.51. The number of aryl methyl sites for hydroxylation is 1. The number of benzene rings is 2. The SMILES string of the molecule is Cc1ccc2c(N(Cl)S(=O)(=O)CC(C)C(F)(F)F)c(F)ccc2c1Oc1ncccc1-c1ccnc(N[C@H]2CCCNC2)n1. The lowest BCUT2D eigenvalue weighted by Crippen LogP contribution is -2.38. The highest BCUT2D eigenvalue weighted by Gasteiger charge is 2.41. The summed E-state index contributed by atoms with van der Waals surface area (Å²) in [5.41, 5.74) is 1.03. The molecule has 5 rings (SSSR count). The molecule has 2 aromatic carbocycles. The molecule has 1 aliphatic heterocycles. The summed E-state index contributed by atoms with van der Waals surface area (Å²) in [6.45, 7) is 4.20. The van der Waals surface area contributed by atoms with Crippen LogP contribution in [-0.2, 0) is 10.0 Å². The number of pyridine rings is 1. The van der Waals surface area contributed by atoms with Crippen LogP contribution in [-0.4, -0.2) is 54.4 Å². The second kappa shape index (κ2) is 12.7. The predicted octanol–water partition coefficient (Wildman–Crippen LogP) is 6.58. The number of alkyl halides is 3. The van der Waals surface area contributed by atoms with E-state index in [-0.39, 0.29) is 32.3 Å². The van der Waals surface area contributed by atoms with Gasteiger partial charge in [-0.15, -0.1) is 0 Å². The van der Waals surface area contributed by atoms with Crippen molar-refractivity contribution in [3.8, 4) is 22.9 Å². The summed E-state index contributed by atoms with van der Waals surface area (Å²) < 4.78 is 86.5. The summed E-state index contributed by atoms with van der Waals surface area (Å²) in [7, 11) is -4.79. The quantitative estimate of drug-likeness (QED) is 0.154. The predicted molar refractivity (Wildman–Crippen MR) is 161 cm³/mol. The van der Waals surface area contributed by atoms with Crippen molar-refractivity contribution < 1.29 is 30.7 Å². The third-order valence-electron chi connectivity index (χ3n) is 7.24. The molecular weight excluding hydrogens is 624 g/mol. The number of hydrogen-bond acceptors (Lipinski definition) is 8. The molecule has 0 aliphatic carbocycles. The minimum atomic E-state index is -4.79. The fourth-order valence-electron chi connectivity index (χ4n) is 4.87. The molecule has 3 heterocycles. The number of anilines is 2. The zero-order valence-corrected chi connectivity index (χ0v) is 25.3. The Labute approximate surface area is 256 Å². The molecular formula is C29H29ClF4N6O3S. The van der Waals surface area contributed by atoms with Crippen LogP contribution in [0.1, 0.15) is 25.3 Å². The summed E-state index contributed by atoms with van der Waals surface area (Å²) >= 11 is 6.08. The maximum Gasteiger partial charge on any atom is 0.392 e. The van der Waals surface area contributed by atoms with E-state index in [2.05, 4.69) is 25.6 Å². The van der Waals surface area contributed by atoms with E-state index in [1.54, 1.807) is 37.4 Å². The number of fused-ring (bicyclic) bond motifs is 1. The molecule has 234 valence electrons. The van der Waals surface area contributed by atoms with Gasteiger partial charge in [-0.1, -0.05) is 19.1 Å². The van der Waals surface area contributed by atoms with Crippen LogP contribution in [0.2, 0.25) is 0 Å². The molecule has 44 heavy (non-hydrogen) atoms. The number of sulfonamides is 1. The third kappa shape index (κ3) is 6.81. The molecule has 0 amide bonds. The van der Waals surface area contributed by atoms with Crippen LogP contribution < -0.4 is 19.2 Å². The smallest absolute Gasteiger partial charge is 0.392 e. The summed E-state index contributed by atoms with van der Waals surface area (Å²) in [5.74, 6) is -3.82. The van der Waals surface area contributed by atoms with Crippen LogP contribution in [0.15, 0.2) is 54.9 Å². The average Bonchev–Trinajstić information content (AvgIpc) is 2.98. The standard InChI is InChI=1S/C29H29ClF4N6O3S/c1-17-7-8-20-21(9-10-23(31)25(20)40(30)44(41,42)16-18(2)29(32,33)34)26(17)43-27-22(6-4-13-36-27)24-11-14-37-28(39-24)38-19-5-3-12-35-15-19/h4,6-11,13-14,18-19,35H,3,5,12,15-16H2,1-2H3,(H,37,38,39)/t18?,19-/m0/s1. The average molecular weight is 653 g/mol. The number of ether oxygens (including phenoxy) is 1. The minimum absolute atomic E-state index is 0.0101. The molecule has 1 unspecified atom stereocenters. The Kier molecular flexibility index (Phi) is 9.14. The van der Waals surface area contributed by atoms with Crippen LogP contribution in [0.5, 0.6) is 11.6 Å². The van der Waals surface area contributed by atoms with E-state index in [0.717, 1.165) is 32.0 Å². The summed E-state index contributed by atoms with van der Waals surface area (Å²) in [6.07, 6.45) is 0.369. The summed E-state index contributed by atoms with van der Waals surface area (Å²) in [6, 6.07) is 10.7. The number of nitrogens with zero attached hydrogens (tertiary/aromatic N) is 4. The van der Waals surface area contributed by atoms with Gasteiger partial charge in [-0.3, -0.25) is 0 Å². The lowest BCUT2D eigenvalue weighted by Gasteiger charge is -2.24. The third-order valence-corrected chi connectivity index (χ3v) is 9.63. The van der Waals surface area contributed by atoms with Gasteiger partial charge in [0.05, 0.1) is 22.9 Å². The van der Waals surface area contributed by atoms with Crippen molar-refractivity contribution in [1.82, 2.24) is 20.3 Å². The molecule has 2 N–H and O–H groups in total. The molecule has 0 radical (unpaired) electrons. The first kappa shape index (κ1) is 31.7. The van der Waals surface area contributed by atoms with E-state index in [1.807, 2.05) is 0 Å². The van der Waals surface area contributed by atoms with Gasteiger partial charge in [0, 0.05) is 47.5 Å². The van der Waals surface area contributed by atoms with Gasteiger partial charge < -0.3 is 15.4 Å². The Morgan fingerprint density at radius 1 is 1.14 bits per heavy atom. The van der Waals surface area contributed by atoms with Crippen LogP contribution in [0.4, 0.5) is 29.2 Å². The van der Waals surface area contributed by atoms with Crippen LogP contribution in [0.25, 0.3) is 22.0 Å². The molecule has 1 aliphatic rings. The van der Waals surface area contributed by atoms with Gasteiger partial charge in [-0.05, 0) is 62.2 Å². The Bertz CT molecular complexity index is 1770. The molecule has 2 atom stereocenters. The normalized spacial score (nSPS) is 16.5. The largest absolute Gasteiger partial charge is 0.437 e. The Morgan fingerprint density at radius 3 is 2.64 bits per heavy atom. The molecule has 1 fully saturated rings. The maximum absolute atomic E-state index is 15.1. The number of rotatable bonds is 9. The molecule has 2 aromatic heterocycles. The zero-order valence-electron chi connectivity index (χ0n) is 23.7. The zero-order chi connectivity index (χ0) is 31.6. The van der Waals surface area contributed by atoms with Crippen molar-refractivity contribution in [3.05, 3.63) is 66.2 Å². The highest BCUT2D eigenvalue weighted by molar-refractivity contribution is 7.94. The van der Waals surface area contributed by atoms with Gasteiger partial charge in [-0.2, -0.15) is 17.0 Å². The summed E-state index contributed by atoms with van der Waals surface area (Å²) in [5, 5.41) is 6.94. The Hall–Kier alpha value is -3.75. The van der Waals surface area contributed by atoms with Gasteiger partial charge >= 0.3 is 6.18 Å². The van der Waals surface area contributed by atoms with E-state index in [4.69, 9.17) is 16.5 Å². The van der Waals surface area contributed by atoms with Gasteiger partial charge in [0.15, 0.2) is 0 Å². The van der Waals surface area contributed by atoms with E-state index in [9.17, 15) is 21.6 Å². The van der Waals surface area contributed by atoms with Crippen LogP contribution in [0.3, 0.4) is 0 Å². The van der Waals surface area contributed by atoms with Gasteiger partial charge in [0.1, 0.15) is 17.3 Å². The van der Waals surface area contributed by atoms with Crippen molar-refractivity contribution in [3.63, 3.8) is 0 Å². The van der Waals surface area contributed by atoms with E-state index in [1.165, 1.54) is 18.3 Å². The molecule has 15 heteroatoms. The molecule has 0 saturated carbocycles. The van der Waals surface area contributed by atoms with Crippen LogP contribution >= 0.6 is 11.8 Å². The van der Waals surface area contributed by atoms with Crippen molar-refractivity contribution >= 4 is 44.2 Å². The first-order valence-electron chi connectivity index (χ1n) is 13.8. The van der Waals surface area contributed by atoms with E-state index >= 15 is 4.39 Å². The van der Waals surface area contributed by atoms with Crippen molar-refractivity contribution in [1.29, 1.82) is 0 Å². The number of piperidine rings is 1. The lowest BCUT2D eigenvalue weighted by atomic mass is 10.0. The molecule has 0 bridgehead atoms. The lowest BCUT2D eigenvalue weighted by molar-refractivity contribution is -0.163. The second-order valence-electron chi connectivity index (χ2n) is 10.6. The van der Waals surface area contributed by atoms with E-state index in [0.29, 0.717) is 29.7 Å². The number of halogens is 5. The number of aromatic nitrogens is 3. The minimum Gasteiger partial charge on any atom is -0.437 e. The second-order valence-corrected chi connectivity index (χ2v) is 13.0. The molecule has 4 aromatic rings. The van der Waals surface area contributed by atoms with Crippen LogP contribution in [0, 0.1) is 18.7 Å². The topological polar surface area (TPSA) is 109 Å². The molecule has 0 spiro atoms. The fraction of sp³-hybridized carbons (Fsp3) is 0.345. The first-order chi connectivity index (χ1) is 20.8. The molecule has 9 nitrogen and oxygen atoms in total. The van der Waals surface area contributed by atoms with Gasteiger partial charge in [-0.25, -0.2) is 27.8 Å². The highest BCUT2D eigenvalue weighted by atomic mass is 35.5. The number of hydrogen-bond donors (Lipinski definition) is 2. The number of nitrogens with one attached hydrogen (secondary N) is 2. The van der Waals surface area contributed by atoms with Gasteiger partial charge in [0.25, 0.3) is 0 Å². The fourth-order valence-corrected chi connectivity index (χ4v) is 6.63. The van der Waals surface area contributed by atoms with Crippen molar-refractivity contribution in [2.24, 2.45) is 5.92 Å². The van der Waals surface area contributed by atoms with Gasteiger partial charge in [0.2, 0.25) is 21.9 Å². The van der Waals surface area contributed by atoms with E-state index < -0.39 is 39.4 Å². The summed E-state index contributed by atoms with van der Waals surface area (Å²) in [4.78, 5) is 13.4. The maximum atomic E-state index is 15.1. The monoisotopic (exact) mass is 652 g/mol. The van der Waals surface area contributed by atoms with Crippen molar-refractivity contribution in [2.75, 3.05) is 28.0 Å². The Morgan fingerprint density at radius 2 is 1.91 bits per heavy atom. The van der Waals surface area contributed by atoms with Crippen molar-refractivity contribution in [2.45, 2.75) is 38.9 Å². The first-order valence-corrected chi connectivity index (χ1v) is 15.7.